The number of methoxy groups -OCH3 is 1. The first-order valence-corrected chi connectivity index (χ1v) is 13.5. The maximum absolute atomic E-state index is 12.5. The molecular weight excluding hydrogens is 484 g/mol. The van der Waals surface area contributed by atoms with E-state index in [4.69, 9.17) is 9.72 Å². The highest BCUT2D eigenvalue weighted by Gasteiger charge is 2.19. The van der Waals surface area contributed by atoms with Crippen molar-refractivity contribution >= 4 is 29.2 Å². The number of likely N-dealkylation sites (N-methyl/N-ethyl adjacent to an activating group) is 1. The standard InChI is InChI=1S/C28H36N6O2S/c1-21-18-26(34-16-14-33(15-17-34)24-8-10-25(36-4)11-9-24)31-28(30-21)37-20-22-6-5-7-23(19-22)27(35)29-12-13-32(2)3/h5-11,18-19H,12-17,20H2,1-4H3,(H,29,35). The molecule has 1 aliphatic heterocycles. The molecule has 9 heteroatoms. The van der Waals surface area contributed by atoms with Crippen molar-refractivity contribution in [2.75, 3.05) is 70.3 Å². The molecule has 1 aromatic heterocycles. The number of benzene rings is 2. The third-order valence-corrected chi connectivity index (χ3v) is 7.18. The molecule has 2 aromatic carbocycles. The second-order valence-electron chi connectivity index (χ2n) is 9.37. The molecular formula is C28H36N6O2S. The molecule has 1 N–H and O–H groups in total. The van der Waals surface area contributed by atoms with E-state index in [1.165, 1.54) is 5.69 Å². The summed E-state index contributed by atoms with van der Waals surface area (Å²) in [5.74, 6) is 2.50. The molecule has 8 nitrogen and oxygen atoms in total. The number of aryl methyl sites for hydroxylation is 1. The second-order valence-corrected chi connectivity index (χ2v) is 10.3. The van der Waals surface area contributed by atoms with Gasteiger partial charge in [0.25, 0.3) is 5.91 Å². The maximum Gasteiger partial charge on any atom is 0.251 e. The van der Waals surface area contributed by atoms with Crippen molar-refractivity contribution in [1.82, 2.24) is 20.2 Å². The fraction of sp³-hybridized carbons (Fsp3) is 0.393. The Kier molecular flexibility index (Phi) is 9.24. The minimum absolute atomic E-state index is 0.0448. The number of thioether (sulfide) groups is 1. The van der Waals surface area contributed by atoms with Gasteiger partial charge in [0.1, 0.15) is 11.6 Å². The summed E-state index contributed by atoms with van der Waals surface area (Å²) in [4.78, 5) is 28.8. The van der Waals surface area contributed by atoms with Crippen LogP contribution in [0.25, 0.3) is 0 Å². The second kappa shape index (κ2) is 12.8. The van der Waals surface area contributed by atoms with Crippen molar-refractivity contribution in [3.8, 4) is 5.75 Å². The molecule has 0 radical (unpaired) electrons. The normalized spacial score (nSPS) is 13.6. The van der Waals surface area contributed by atoms with Gasteiger partial charge in [-0.05, 0) is 63.0 Å². The highest BCUT2D eigenvalue weighted by atomic mass is 32.2. The molecule has 4 rings (SSSR count). The minimum Gasteiger partial charge on any atom is -0.497 e. The van der Waals surface area contributed by atoms with Gasteiger partial charge in [-0.2, -0.15) is 0 Å². The van der Waals surface area contributed by atoms with Crippen molar-refractivity contribution in [2.45, 2.75) is 17.8 Å². The van der Waals surface area contributed by atoms with E-state index in [2.05, 4.69) is 38.3 Å². The number of anilines is 2. The molecule has 196 valence electrons. The first-order valence-electron chi connectivity index (χ1n) is 12.6. The van der Waals surface area contributed by atoms with Gasteiger partial charge in [-0.25, -0.2) is 9.97 Å². The first-order chi connectivity index (χ1) is 17.9. The molecule has 0 atom stereocenters. The Labute approximate surface area is 224 Å². The van der Waals surface area contributed by atoms with Crippen LogP contribution in [0.2, 0.25) is 0 Å². The predicted molar refractivity (Wildman–Crippen MR) is 151 cm³/mol. The predicted octanol–water partition coefficient (Wildman–Crippen LogP) is 3.70. The van der Waals surface area contributed by atoms with E-state index in [0.717, 1.165) is 60.7 Å². The quantitative estimate of drug-likeness (QED) is 0.321. The summed E-state index contributed by atoms with van der Waals surface area (Å²) < 4.78 is 5.28. The number of amides is 1. The Morgan fingerprint density at radius 3 is 2.46 bits per heavy atom. The number of nitrogens with one attached hydrogen (secondary N) is 1. The Balaban J connectivity index is 1.34. The van der Waals surface area contributed by atoms with Crippen LogP contribution in [-0.4, -0.2) is 81.2 Å². The number of piperazine rings is 1. The lowest BCUT2D eigenvalue weighted by atomic mass is 10.1. The lowest BCUT2D eigenvalue weighted by molar-refractivity contribution is 0.0951. The lowest BCUT2D eigenvalue weighted by Crippen LogP contribution is -2.46. The number of nitrogens with zero attached hydrogens (tertiary/aromatic N) is 5. The first kappa shape index (κ1) is 26.8. The number of rotatable bonds is 10. The van der Waals surface area contributed by atoms with E-state index < -0.39 is 0 Å². The molecule has 0 aliphatic carbocycles. The van der Waals surface area contributed by atoms with Gasteiger partial charge in [0.2, 0.25) is 0 Å². The molecule has 0 unspecified atom stereocenters. The van der Waals surface area contributed by atoms with Crippen LogP contribution in [0.4, 0.5) is 11.5 Å². The van der Waals surface area contributed by atoms with E-state index in [1.54, 1.807) is 18.9 Å². The summed E-state index contributed by atoms with van der Waals surface area (Å²) in [5, 5.41) is 3.73. The van der Waals surface area contributed by atoms with Gasteiger partial charge in [0.05, 0.1) is 7.11 Å². The van der Waals surface area contributed by atoms with E-state index in [9.17, 15) is 4.79 Å². The fourth-order valence-corrected chi connectivity index (χ4v) is 5.03. The smallest absolute Gasteiger partial charge is 0.251 e. The van der Waals surface area contributed by atoms with E-state index in [0.29, 0.717) is 17.9 Å². The molecule has 3 aromatic rings. The molecule has 0 spiro atoms. The molecule has 1 amide bonds. The van der Waals surface area contributed by atoms with Gasteiger partial charge in [-0.3, -0.25) is 4.79 Å². The molecule has 37 heavy (non-hydrogen) atoms. The number of hydrogen-bond donors (Lipinski definition) is 1. The fourth-order valence-electron chi connectivity index (χ4n) is 4.18. The minimum atomic E-state index is -0.0448. The van der Waals surface area contributed by atoms with Crippen LogP contribution in [0.1, 0.15) is 21.6 Å². The van der Waals surface area contributed by atoms with Crippen LogP contribution in [0.5, 0.6) is 5.75 Å². The summed E-state index contributed by atoms with van der Waals surface area (Å²) in [7, 11) is 5.67. The molecule has 1 saturated heterocycles. The zero-order valence-corrected chi connectivity index (χ0v) is 22.9. The van der Waals surface area contributed by atoms with Crippen molar-refractivity contribution in [3.05, 3.63) is 71.4 Å². The van der Waals surface area contributed by atoms with E-state index in [1.807, 2.05) is 62.3 Å². The summed E-state index contributed by atoms with van der Waals surface area (Å²) >= 11 is 1.60. The third kappa shape index (κ3) is 7.60. The van der Waals surface area contributed by atoms with E-state index in [-0.39, 0.29) is 5.91 Å². The van der Waals surface area contributed by atoms with Gasteiger partial charge >= 0.3 is 0 Å². The van der Waals surface area contributed by atoms with Crippen LogP contribution in [0.15, 0.2) is 59.8 Å². The number of ether oxygens (including phenoxy) is 1. The van der Waals surface area contributed by atoms with Crippen molar-refractivity contribution in [2.24, 2.45) is 0 Å². The molecule has 1 fully saturated rings. The van der Waals surface area contributed by atoms with Crippen molar-refractivity contribution in [3.63, 3.8) is 0 Å². The van der Waals surface area contributed by atoms with Gasteiger partial charge in [0.15, 0.2) is 5.16 Å². The third-order valence-electron chi connectivity index (χ3n) is 6.26. The number of aromatic nitrogens is 2. The zero-order valence-electron chi connectivity index (χ0n) is 22.1. The SMILES string of the molecule is COc1ccc(N2CCN(c3cc(C)nc(SCc4cccc(C(=O)NCCN(C)C)c4)n3)CC2)cc1. The van der Waals surface area contributed by atoms with Gasteiger partial charge in [-0.1, -0.05) is 23.9 Å². The molecule has 1 aliphatic rings. The molecule has 2 heterocycles. The van der Waals surface area contributed by atoms with Gasteiger partial charge in [-0.15, -0.1) is 0 Å². The highest BCUT2D eigenvalue weighted by molar-refractivity contribution is 7.98. The number of carbonyl (C=O) groups is 1. The largest absolute Gasteiger partial charge is 0.497 e. The Morgan fingerprint density at radius 2 is 1.76 bits per heavy atom. The molecule has 0 saturated carbocycles. The van der Waals surface area contributed by atoms with Crippen molar-refractivity contribution in [1.29, 1.82) is 0 Å². The average Bonchev–Trinajstić information content (AvgIpc) is 2.91. The Morgan fingerprint density at radius 1 is 1.03 bits per heavy atom. The van der Waals surface area contributed by atoms with Crippen LogP contribution in [-0.2, 0) is 5.75 Å². The lowest BCUT2D eigenvalue weighted by Gasteiger charge is -2.36. The topological polar surface area (TPSA) is 73.8 Å². The number of hydrogen-bond acceptors (Lipinski definition) is 8. The Hall–Kier alpha value is -3.30. The summed E-state index contributed by atoms with van der Waals surface area (Å²) in [6, 6.07) is 18.1. The summed E-state index contributed by atoms with van der Waals surface area (Å²) in [6.07, 6.45) is 0. The van der Waals surface area contributed by atoms with Crippen LogP contribution in [0.3, 0.4) is 0 Å². The van der Waals surface area contributed by atoms with E-state index >= 15 is 0 Å². The summed E-state index contributed by atoms with van der Waals surface area (Å²) in [5.41, 5.74) is 3.92. The highest BCUT2D eigenvalue weighted by Crippen LogP contribution is 2.25. The van der Waals surface area contributed by atoms with Gasteiger partial charge in [0, 0.05) is 68.0 Å². The Bertz CT molecular complexity index is 1180. The average molecular weight is 521 g/mol. The molecule has 0 bridgehead atoms. The van der Waals surface area contributed by atoms with Crippen molar-refractivity contribution < 1.29 is 9.53 Å². The van der Waals surface area contributed by atoms with Crippen LogP contribution < -0.4 is 19.9 Å². The summed E-state index contributed by atoms with van der Waals surface area (Å²) in [6.45, 7) is 7.11. The monoisotopic (exact) mass is 520 g/mol. The maximum atomic E-state index is 12.5. The van der Waals surface area contributed by atoms with Crippen LogP contribution >= 0.6 is 11.8 Å². The zero-order chi connectivity index (χ0) is 26.2. The van der Waals surface area contributed by atoms with Gasteiger partial charge < -0.3 is 24.8 Å². The number of carbonyl (C=O) groups excluding carboxylic acids is 1. The van der Waals surface area contributed by atoms with Crippen LogP contribution in [0, 0.1) is 6.92 Å².